The summed E-state index contributed by atoms with van der Waals surface area (Å²) in [5, 5.41) is 3.20. The molecule has 11 rings (SSSR count). The molecule has 584 valence electrons. The normalized spacial score (nSPS) is 25.9. The standard InChI is InChI=1S/C15H30N2O.C14H30N4.C14H28N2O.C14H28N2.C13H26N2.C12H27N3/c1-4-16-9-5-14(6-10-16)18-15-7-11-17(12-8-15)13(2)3;1-14(2)18-12-10-17(11-13-18)9-8-16-6-4-15(3)5-7-16;1-12(2)16-10-6-14(7-11-16)17-13-4-8-15(3)9-5-13;1-4-15-9-5-14(6-10-15)7-11-16(12-8-14)13(2)3;1-12(2)15-10-6-13(7-11-15)4-8-14(3)9-5-13;1-12(2)15-10-8-14(9-11-15)7-5-4-6-13-3/h13-15H,4-12H2,1-3H3;14H,4-13H2,1-3H3;12-14H,4-11H2,1-3H3;13H,4-12H2,1-3H3;12H,4-11H2,1-3H3;12-13H,4-11H2,1-3H3. The van der Waals surface area contributed by atoms with Crippen molar-refractivity contribution in [2.45, 2.75) is 273 Å². The third-order valence-electron chi connectivity index (χ3n) is 26.2. The Hall–Kier alpha value is -0.680. The van der Waals surface area contributed by atoms with E-state index < -0.39 is 0 Å². The Morgan fingerprint density at radius 1 is 0.283 bits per heavy atom. The van der Waals surface area contributed by atoms with Crippen molar-refractivity contribution in [2.75, 3.05) is 251 Å². The van der Waals surface area contributed by atoms with Gasteiger partial charge in [0, 0.05) is 180 Å². The van der Waals surface area contributed by atoms with Crippen molar-refractivity contribution in [1.29, 1.82) is 0 Å². The lowest BCUT2D eigenvalue weighted by Crippen LogP contribution is -2.52. The van der Waals surface area contributed by atoms with Crippen LogP contribution in [0.25, 0.3) is 0 Å². The Balaban J connectivity index is 0.000000188. The molecular weight excluding hydrogens is 1230 g/mol. The average molecular weight is 1400 g/mol. The van der Waals surface area contributed by atoms with E-state index in [0.29, 0.717) is 42.5 Å². The van der Waals surface area contributed by atoms with Crippen LogP contribution >= 0.6 is 0 Å². The van der Waals surface area contributed by atoms with Crippen molar-refractivity contribution in [3.8, 4) is 0 Å². The van der Waals surface area contributed by atoms with Gasteiger partial charge in [-0.05, 0) is 316 Å². The fourth-order valence-corrected chi connectivity index (χ4v) is 17.5. The van der Waals surface area contributed by atoms with Crippen LogP contribution in [-0.2, 0) is 9.47 Å². The number of ether oxygens (including phenoxy) is 2. The lowest BCUT2D eigenvalue weighted by Gasteiger charge is -2.47. The zero-order valence-corrected chi connectivity index (χ0v) is 69.1. The molecule has 0 unspecified atom stereocenters. The van der Waals surface area contributed by atoms with Crippen molar-refractivity contribution < 1.29 is 9.47 Å². The van der Waals surface area contributed by atoms with Gasteiger partial charge in [0.1, 0.15) is 0 Å². The minimum absolute atomic E-state index is 0.526. The average Bonchev–Trinajstić information content (AvgIpc) is 0.822. The van der Waals surface area contributed by atoms with E-state index in [-0.39, 0.29) is 0 Å². The number of hydrogen-bond acceptors (Lipinski definition) is 17. The predicted molar refractivity (Wildman–Crippen MR) is 426 cm³/mol. The number of hydrogen-bond donors (Lipinski definition) is 1. The molecule has 11 saturated heterocycles. The minimum atomic E-state index is 0.526. The number of piperidine rings is 8. The molecule has 11 fully saturated rings. The summed E-state index contributed by atoms with van der Waals surface area (Å²) in [6.07, 6.45) is 26.1. The smallest absolute Gasteiger partial charge is 0.0603 e. The highest BCUT2D eigenvalue weighted by atomic mass is 16.5. The van der Waals surface area contributed by atoms with Crippen molar-refractivity contribution >= 4 is 0 Å². The fourth-order valence-electron chi connectivity index (χ4n) is 17.5. The second kappa shape index (κ2) is 47.2. The molecule has 99 heavy (non-hydrogen) atoms. The molecule has 2 spiro atoms. The van der Waals surface area contributed by atoms with Crippen LogP contribution in [-0.4, -0.2) is 380 Å². The lowest BCUT2D eigenvalue weighted by atomic mass is 9.71. The van der Waals surface area contributed by atoms with E-state index in [0.717, 1.165) is 35.5 Å². The van der Waals surface area contributed by atoms with Crippen LogP contribution in [0.1, 0.15) is 213 Å². The lowest BCUT2D eigenvalue weighted by molar-refractivity contribution is -0.0670. The first-order valence-electron chi connectivity index (χ1n) is 42.6. The van der Waals surface area contributed by atoms with Crippen LogP contribution in [0.3, 0.4) is 0 Å². The molecule has 17 nitrogen and oxygen atoms in total. The summed E-state index contributed by atoms with van der Waals surface area (Å²) in [7, 11) is 8.72. The van der Waals surface area contributed by atoms with Gasteiger partial charge >= 0.3 is 0 Å². The summed E-state index contributed by atoms with van der Waals surface area (Å²) in [6.45, 7) is 75.1. The Morgan fingerprint density at radius 2 is 0.545 bits per heavy atom. The van der Waals surface area contributed by atoms with Gasteiger partial charge in [0.15, 0.2) is 0 Å². The topological polar surface area (TPSA) is 75.9 Å². The molecular formula is C82H169N15O2. The Bertz CT molecular complexity index is 1950. The Kier molecular flexibility index (Phi) is 41.6. The van der Waals surface area contributed by atoms with Crippen LogP contribution in [0, 0.1) is 10.8 Å². The zero-order valence-electron chi connectivity index (χ0n) is 69.1. The summed E-state index contributed by atoms with van der Waals surface area (Å²) >= 11 is 0. The van der Waals surface area contributed by atoms with Gasteiger partial charge in [-0.1, -0.05) is 13.8 Å². The van der Waals surface area contributed by atoms with E-state index in [1.165, 1.54) is 332 Å². The third kappa shape index (κ3) is 32.7. The van der Waals surface area contributed by atoms with Crippen molar-refractivity contribution in [3.63, 3.8) is 0 Å². The highest BCUT2D eigenvalue weighted by molar-refractivity contribution is 4.93. The molecule has 0 aliphatic carbocycles. The highest BCUT2D eigenvalue weighted by Crippen LogP contribution is 2.43. The molecule has 0 aromatic carbocycles. The first-order chi connectivity index (χ1) is 47.5. The maximum Gasteiger partial charge on any atom is 0.0603 e. The van der Waals surface area contributed by atoms with Crippen LogP contribution in [0.4, 0.5) is 0 Å². The van der Waals surface area contributed by atoms with Gasteiger partial charge in [0.25, 0.3) is 0 Å². The first kappa shape index (κ1) is 87.2. The monoisotopic (exact) mass is 1400 g/mol. The molecule has 11 aliphatic rings. The highest BCUT2D eigenvalue weighted by Gasteiger charge is 2.39. The molecule has 11 aliphatic heterocycles. The number of unbranched alkanes of at least 4 members (excludes halogenated alkanes) is 1. The fraction of sp³-hybridized carbons (Fsp3) is 1.00. The van der Waals surface area contributed by atoms with Gasteiger partial charge in [0.2, 0.25) is 0 Å². The number of nitrogens with one attached hydrogen (secondary N) is 1. The van der Waals surface area contributed by atoms with E-state index in [4.69, 9.17) is 9.47 Å². The molecule has 11 heterocycles. The summed E-state index contributed by atoms with van der Waals surface area (Å²) in [5.74, 6) is 0. The molecule has 1 N–H and O–H groups in total. The predicted octanol–water partition coefficient (Wildman–Crippen LogP) is 10.4. The number of likely N-dealkylation sites (tertiary alicyclic amines) is 8. The van der Waals surface area contributed by atoms with E-state index in [1.807, 2.05) is 7.05 Å². The maximum absolute atomic E-state index is 6.30. The number of likely N-dealkylation sites (N-methyl/N-ethyl adjacent to an activating group) is 1. The van der Waals surface area contributed by atoms with Gasteiger partial charge in [-0.2, -0.15) is 0 Å². The van der Waals surface area contributed by atoms with E-state index in [9.17, 15) is 0 Å². The van der Waals surface area contributed by atoms with Crippen LogP contribution in [0.2, 0.25) is 0 Å². The second-order valence-electron chi connectivity index (χ2n) is 35.0. The molecule has 0 amide bonds. The summed E-state index contributed by atoms with van der Waals surface area (Å²) in [4.78, 5) is 35.9. The van der Waals surface area contributed by atoms with E-state index in [2.05, 4.69) is 192 Å². The van der Waals surface area contributed by atoms with Gasteiger partial charge in [-0.3, -0.25) is 19.6 Å². The molecule has 17 heteroatoms. The van der Waals surface area contributed by atoms with Crippen LogP contribution in [0.15, 0.2) is 0 Å². The summed E-state index contributed by atoms with van der Waals surface area (Å²) in [5.41, 5.74) is 1.44. The largest absolute Gasteiger partial charge is 0.375 e. The molecule has 0 atom stereocenters. The first-order valence-corrected chi connectivity index (χ1v) is 42.6. The second-order valence-corrected chi connectivity index (χ2v) is 35.0. The minimum Gasteiger partial charge on any atom is -0.375 e. The molecule has 0 aromatic rings. The summed E-state index contributed by atoms with van der Waals surface area (Å²) < 4.78 is 12.6. The SMILES string of the molecule is CC(C)N1CCC(OC2CCN(C)CC2)CC1.CC(C)N1CCC2(CCN(C)CC2)CC1.CC(C)N1CCN(CCN2CCN(C)CC2)CC1.CCN1CCC(OC2CCN(C(C)C)CC2)CC1.CCN1CCC2(CC1)CCN(C(C)C)CC2.CNCCCCN1CCN(C(C)C)CC1. The van der Waals surface area contributed by atoms with Gasteiger partial charge in [0.05, 0.1) is 24.4 Å². The van der Waals surface area contributed by atoms with Crippen molar-refractivity contribution in [2.24, 2.45) is 10.8 Å². The maximum atomic E-state index is 6.30. The van der Waals surface area contributed by atoms with E-state index >= 15 is 0 Å². The quantitative estimate of drug-likeness (QED) is 0.118. The third-order valence-corrected chi connectivity index (χ3v) is 26.2. The van der Waals surface area contributed by atoms with Gasteiger partial charge in [-0.25, -0.2) is 0 Å². The Labute approximate surface area is 615 Å². The summed E-state index contributed by atoms with van der Waals surface area (Å²) in [6, 6.07) is 4.31. The zero-order chi connectivity index (χ0) is 71.7. The molecule has 0 bridgehead atoms. The van der Waals surface area contributed by atoms with Crippen molar-refractivity contribution in [3.05, 3.63) is 0 Å². The van der Waals surface area contributed by atoms with E-state index in [1.54, 1.807) is 0 Å². The molecule has 0 saturated carbocycles. The molecule has 0 radical (unpaired) electrons. The number of piperazine rings is 3. The Morgan fingerprint density at radius 3 is 0.889 bits per heavy atom. The van der Waals surface area contributed by atoms with Gasteiger partial charge in [-0.15, -0.1) is 0 Å². The number of rotatable bonds is 20. The van der Waals surface area contributed by atoms with Crippen LogP contribution < -0.4 is 5.32 Å². The molecule has 0 aromatic heterocycles. The van der Waals surface area contributed by atoms with Gasteiger partial charge < -0.3 is 63.8 Å². The number of nitrogens with zero attached hydrogens (tertiary/aromatic N) is 14. The van der Waals surface area contributed by atoms with Crippen LogP contribution in [0.5, 0.6) is 0 Å². The van der Waals surface area contributed by atoms with Crippen molar-refractivity contribution in [1.82, 2.24) is 73.9 Å².